The highest BCUT2D eigenvalue weighted by atomic mass is 16.4. The van der Waals surface area contributed by atoms with Gasteiger partial charge in [-0.15, -0.1) is 0 Å². The monoisotopic (exact) mass is 248 g/mol. The molecule has 18 heavy (non-hydrogen) atoms. The second-order valence-electron chi connectivity index (χ2n) is 4.65. The van der Waals surface area contributed by atoms with E-state index in [0.717, 1.165) is 18.4 Å². The zero-order valence-electron chi connectivity index (χ0n) is 10.0. The number of nitrogens with zero attached hydrogens (tertiary/aromatic N) is 1. The van der Waals surface area contributed by atoms with Crippen LogP contribution in [0.2, 0.25) is 0 Å². The Bertz CT molecular complexity index is 429. The Kier molecular flexibility index (Phi) is 3.92. The molecule has 1 saturated carbocycles. The lowest BCUT2D eigenvalue weighted by atomic mass is 10.1. The molecule has 1 unspecified atom stereocenters. The Morgan fingerprint density at radius 1 is 1.50 bits per heavy atom. The van der Waals surface area contributed by atoms with E-state index in [1.54, 1.807) is 18.5 Å². The minimum absolute atomic E-state index is 0.00342. The van der Waals surface area contributed by atoms with E-state index >= 15 is 0 Å². The summed E-state index contributed by atoms with van der Waals surface area (Å²) < 4.78 is 0. The highest BCUT2D eigenvalue weighted by Gasteiger charge is 2.33. The minimum atomic E-state index is -0.867. The molecule has 0 spiro atoms. The maximum atomic E-state index is 11.8. The van der Waals surface area contributed by atoms with Crippen molar-refractivity contribution in [3.8, 4) is 0 Å². The Hall–Kier alpha value is -1.91. The van der Waals surface area contributed by atoms with E-state index in [9.17, 15) is 9.59 Å². The predicted molar refractivity (Wildman–Crippen MR) is 64.8 cm³/mol. The standard InChI is InChI=1S/C13H16N2O3/c16-12(6-9-2-1-5-14-8-9)15-11(7-13(17)18)10-3-4-10/h1-2,5,8,10-11H,3-4,6-7H2,(H,15,16)(H,17,18). The van der Waals surface area contributed by atoms with E-state index in [-0.39, 0.29) is 24.8 Å². The van der Waals surface area contributed by atoms with Crippen LogP contribution in [0.25, 0.3) is 0 Å². The highest BCUT2D eigenvalue weighted by molar-refractivity contribution is 5.79. The van der Waals surface area contributed by atoms with E-state index < -0.39 is 5.97 Å². The van der Waals surface area contributed by atoms with Crippen LogP contribution in [-0.2, 0) is 16.0 Å². The second kappa shape index (κ2) is 5.62. The van der Waals surface area contributed by atoms with E-state index in [1.807, 2.05) is 6.07 Å². The molecule has 0 saturated heterocycles. The molecule has 1 aromatic heterocycles. The summed E-state index contributed by atoms with van der Waals surface area (Å²) in [5.74, 6) is -0.673. The summed E-state index contributed by atoms with van der Waals surface area (Å²) in [6.45, 7) is 0. The number of rotatable bonds is 6. The average molecular weight is 248 g/mol. The lowest BCUT2D eigenvalue weighted by molar-refractivity contribution is -0.137. The molecule has 1 heterocycles. The summed E-state index contributed by atoms with van der Waals surface area (Å²) in [6, 6.07) is 3.38. The molecule has 96 valence electrons. The molecule has 1 fully saturated rings. The third-order valence-corrected chi connectivity index (χ3v) is 3.02. The topological polar surface area (TPSA) is 79.3 Å². The molecule has 0 bridgehead atoms. The number of amides is 1. The molecular weight excluding hydrogens is 232 g/mol. The van der Waals surface area contributed by atoms with Crippen molar-refractivity contribution < 1.29 is 14.7 Å². The summed E-state index contributed by atoms with van der Waals surface area (Å²) in [6.07, 6.45) is 5.55. The van der Waals surface area contributed by atoms with Crippen molar-refractivity contribution in [2.75, 3.05) is 0 Å². The third kappa shape index (κ3) is 3.84. The van der Waals surface area contributed by atoms with Gasteiger partial charge in [0.15, 0.2) is 0 Å². The van der Waals surface area contributed by atoms with Gasteiger partial charge >= 0.3 is 5.97 Å². The van der Waals surface area contributed by atoms with Gasteiger partial charge in [-0.05, 0) is 30.4 Å². The first-order valence-corrected chi connectivity index (χ1v) is 6.05. The molecule has 5 nitrogen and oxygen atoms in total. The van der Waals surface area contributed by atoms with Crippen LogP contribution in [0.1, 0.15) is 24.8 Å². The summed E-state index contributed by atoms with van der Waals surface area (Å²) in [5.41, 5.74) is 0.833. The number of nitrogens with one attached hydrogen (secondary N) is 1. The van der Waals surface area contributed by atoms with Gasteiger partial charge in [0.25, 0.3) is 0 Å². The third-order valence-electron chi connectivity index (χ3n) is 3.02. The molecule has 0 radical (unpaired) electrons. The van der Waals surface area contributed by atoms with Crippen molar-refractivity contribution in [2.45, 2.75) is 31.7 Å². The van der Waals surface area contributed by atoms with Gasteiger partial charge in [-0.25, -0.2) is 0 Å². The van der Waals surface area contributed by atoms with E-state index in [1.165, 1.54) is 0 Å². The van der Waals surface area contributed by atoms with Crippen LogP contribution < -0.4 is 5.32 Å². The number of carboxylic acids is 1. The molecule has 0 aliphatic heterocycles. The Balaban J connectivity index is 1.87. The summed E-state index contributed by atoms with van der Waals surface area (Å²) in [4.78, 5) is 26.5. The van der Waals surface area contributed by atoms with Gasteiger partial charge in [-0.3, -0.25) is 14.6 Å². The summed E-state index contributed by atoms with van der Waals surface area (Å²) in [5, 5.41) is 11.6. The van der Waals surface area contributed by atoms with Gasteiger partial charge < -0.3 is 10.4 Å². The number of pyridine rings is 1. The molecule has 5 heteroatoms. The second-order valence-corrected chi connectivity index (χ2v) is 4.65. The van der Waals surface area contributed by atoms with E-state index in [4.69, 9.17) is 5.11 Å². The molecule has 2 N–H and O–H groups in total. The number of hydrogen-bond acceptors (Lipinski definition) is 3. The van der Waals surface area contributed by atoms with Crippen molar-refractivity contribution in [2.24, 2.45) is 5.92 Å². The molecule has 1 aliphatic rings. The lowest BCUT2D eigenvalue weighted by Gasteiger charge is -2.16. The largest absolute Gasteiger partial charge is 0.481 e. The quantitative estimate of drug-likeness (QED) is 0.787. The molecule has 1 amide bonds. The fourth-order valence-corrected chi connectivity index (χ4v) is 1.97. The first-order valence-electron chi connectivity index (χ1n) is 6.05. The maximum absolute atomic E-state index is 11.8. The number of aromatic nitrogens is 1. The molecule has 0 aromatic carbocycles. The van der Waals surface area contributed by atoms with Crippen LogP contribution in [0, 0.1) is 5.92 Å². The highest BCUT2D eigenvalue weighted by Crippen LogP contribution is 2.34. The molecule has 1 aliphatic carbocycles. The van der Waals surface area contributed by atoms with Gasteiger partial charge in [0, 0.05) is 18.4 Å². The van der Waals surface area contributed by atoms with Gasteiger partial charge in [-0.2, -0.15) is 0 Å². The molecular formula is C13H16N2O3. The number of hydrogen-bond donors (Lipinski definition) is 2. The Morgan fingerprint density at radius 2 is 2.28 bits per heavy atom. The average Bonchev–Trinajstić information content (AvgIpc) is 3.12. The Labute approximate surface area is 105 Å². The number of aliphatic carboxylic acids is 1. The number of carbonyl (C=O) groups excluding carboxylic acids is 1. The van der Waals surface area contributed by atoms with Crippen molar-refractivity contribution in [3.63, 3.8) is 0 Å². The van der Waals surface area contributed by atoms with Crippen LogP contribution in [0.5, 0.6) is 0 Å². The van der Waals surface area contributed by atoms with Crippen molar-refractivity contribution in [1.82, 2.24) is 10.3 Å². The minimum Gasteiger partial charge on any atom is -0.481 e. The molecule has 2 rings (SSSR count). The molecule has 1 aromatic rings. The van der Waals surface area contributed by atoms with E-state index in [0.29, 0.717) is 5.92 Å². The first-order chi connectivity index (χ1) is 8.65. The van der Waals surface area contributed by atoms with Gasteiger partial charge in [-0.1, -0.05) is 6.07 Å². The van der Waals surface area contributed by atoms with Crippen LogP contribution in [-0.4, -0.2) is 28.0 Å². The van der Waals surface area contributed by atoms with Gasteiger partial charge in [0.1, 0.15) is 0 Å². The normalized spacial score (nSPS) is 16.0. The molecule has 1 atom stereocenters. The summed E-state index contributed by atoms with van der Waals surface area (Å²) >= 11 is 0. The zero-order valence-corrected chi connectivity index (χ0v) is 10.0. The fraction of sp³-hybridized carbons (Fsp3) is 0.462. The number of carboxylic acid groups (broad SMARTS) is 1. The van der Waals surface area contributed by atoms with Crippen LogP contribution >= 0.6 is 0 Å². The summed E-state index contributed by atoms with van der Waals surface area (Å²) in [7, 11) is 0. The van der Waals surface area contributed by atoms with Crippen LogP contribution in [0.4, 0.5) is 0 Å². The number of carbonyl (C=O) groups is 2. The van der Waals surface area contributed by atoms with Gasteiger partial charge in [0.2, 0.25) is 5.91 Å². The van der Waals surface area contributed by atoms with Crippen LogP contribution in [0.15, 0.2) is 24.5 Å². The predicted octanol–water partition coefficient (Wildman–Crippen LogP) is 0.994. The van der Waals surface area contributed by atoms with Gasteiger partial charge in [0.05, 0.1) is 12.8 Å². The van der Waals surface area contributed by atoms with Crippen molar-refractivity contribution in [1.29, 1.82) is 0 Å². The fourth-order valence-electron chi connectivity index (χ4n) is 1.97. The van der Waals surface area contributed by atoms with E-state index in [2.05, 4.69) is 10.3 Å². The zero-order chi connectivity index (χ0) is 13.0. The van der Waals surface area contributed by atoms with Crippen molar-refractivity contribution >= 4 is 11.9 Å². The van der Waals surface area contributed by atoms with Crippen molar-refractivity contribution in [3.05, 3.63) is 30.1 Å². The lowest BCUT2D eigenvalue weighted by Crippen LogP contribution is -2.38. The first kappa shape index (κ1) is 12.5. The SMILES string of the molecule is O=C(O)CC(NC(=O)Cc1cccnc1)C1CC1. The smallest absolute Gasteiger partial charge is 0.305 e. The van der Waals surface area contributed by atoms with Crippen LogP contribution in [0.3, 0.4) is 0 Å². The maximum Gasteiger partial charge on any atom is 0.305 e. The Morgan fingerprint density at radius 3 is 2.83 bits per heavy atom.